The summed E-state index contributed by atoms with van der Waals surface area (Å²) in [5.41, 5.74) is 4.01. The van der Waals surface area contributed by atoms with Crippen molar-refractivity contribution in [2.45, 2.75) is 71.3 Å². The molecule has 0 unspecified atom stereocenters. The van der Waals surface area contributed by atoms with E-state index in [-0.39, 0.29) is 0 Å². The van der Waals surface area contributed by atoms with Crippen LogP contribution in [-0.4, -0.2) is 30.0 Å². The van der Waals surface area contributed by atoms with Gasteiger partial charge in [-0.15, -0.1) is 0 Å². The van der Waals surface area contributed by atoms with Crippen molar-refractivity contribution in [3.8, 4) is 0 Å². The number of hydrogen-bond donors (Lipinski definition) is 0. The van der Waals surface area contributed by atoms with E-state index in [1.54, 1.807) is 5.57 Å². The molecule has 0 saturated heterocycles. The number of benzene rings is 1. The SMILES string of the molecule is CN(C)[C@@H]1CC[C@@]2(C)[C@@H](CC[C@@H]3[C@@H]2CC[C@]2(C)C(c4ccc5ccncc5c4)=CC[C@@H]32)C1. The molecule has 0 aliphatic heterocycles. The minimum atomic E-state index is 0.348. The predicted octanol–water partition coefficient (Wildman–Crippen LogP) is 7.20. The minimum Gasteiger partial charge on any atom is -0.306 e. The fraction of sp³-hybridized carbons (Fsp3) is 0.633. The van der Waals surface area contributed by atoms with E-state index in [9.17, 15) is 0 Å². The third-order valence-corrected chi connectivity index (χ3v) is 10.9. The van der Waals surface area contributed by atoms with Gasteiger partial charge in [0.25, 0.3) is 0 Å². The molecule has 0 spiro atoms. The number of pyridine rings is 1. The first-order valence-electron chi connectivity index (χ1n) is 13.1. The Labute approximate surface area is 194 Å². The molecular formula is C30H40N2. The Kier molecular flexibility index (Phi) is 4.85. The third kappa shape index (κ3) is 2.98. The molecule has 2 heteroatoms. The highest BCUT2D eigenvalue weighted by Crippen LogP contribution is 2.67. The highest BCUT2D eigenvalue weighted by molar-refractivity contribution is 5.86. The van der Waals surface area contributed by atoms with Crippen molar-refractivity contribution in [2.75, 3.05) is 14.1 Å². The van der Waals surface area contributed by atoms with Crippen LogP contribution in [-0.2, 0) is 0 Å². The summed E-state index contributed by atoms with van der Waals surface area (Å²) in [6.07, 6.45) is 17.9. The van der Waals surface area contributed by atoms with E-state index >= 15 is 0 Å². The quantitative estimate of drug-likeness (QED) is 0.503. The lowest BCUT2D eigenvalue weighted by atomic mass is 9.44. The molecular weight excluding hydrogens is 388 g/mol. The zero-order valence-electron chi connectivity index (χ0n) is 20.5. The van der Waals surface area contributed by atoms with Gasteiger partial charge in [0.15, 0.2) is 0 Å². The molecule has 2 aromatic rings. The van der Waals surface area contributed by atoms with Crippen LogP contribution in [0.25, 0.3) is 16.3 Å². The maximum Gasteiger partial charge on any atom is 0.0346 e. The Morgan fingerprint density at radius 1 is 0.938 bits per heavy atom. The van der Waals surface area contributed by atoms with Gasteiger partial charge in [-0.25, -0.2) is 0 Å². The van der Waals surface area contributed by atoms with E-state index in [0.29, 0.717) is 10.8 Å². The van der Waals surface area contributed by atoms with Crippen molar-refractivity contribution < 1.29 is 0 Å². The van der Waals surface area contributed by atoms with Crippen LogP contribution >= 0.6 is 0 Å². The lowest BCUT2D eigenvalue weighted by Gasteiger charge is -2.61. The van der Waals surface area contributed by atoms with Crippen molar-refractivity contribution >= 4 is 16.3 Å². The van der Waals surface area contributed by atoms with E-state index in [0.717, 1.165) is 29.7 Å². The number of hydrogen-bond acceptors (Lipinski definition) is 2. The van der Waals surface area contributed by atoms with Gasteiger partial charge in [0, 0.05) is 23.8 Å². The van der Waals surface area contributed by atoms with Crippen molar-refractivity contribution in [3.05, 3.63) is 48.3 Å². The van der Waals surface area contributed by atoms with Gasteiger partial charge in [-0.05, 0) is 129 Å². The zero-order valence-corrected chi connectivity index (χ0v) is 20.5. The van der Waals surface area contributed by atoms with Gasteiger partial charge in [0.2, 0.25) is 0 Å². The Bertz CT molecular complexity index is 1050. The van der Waals surface area contributed by atoms with Gasteiger partial charge < -0.3 is 4.90 Å². The summed E-state index contributed by atoms with van der Waals surface area (Å²) in [7, 11) is 4.58. The first-order chi connectivity index (χ1) is 15.4. The normalized spacial score (nSPS) is 41.2. The Balaban J connectivity index is 1.28. The van der Waals surface area contributed by atoms with Crippen molar-refractivity contribution in [3.63, 3.8) is 0 Å². The molecule has 6 rings (SSSR count). The first kappa shape index (κ1) is 20.9. The first-order valence-corrected chi connectivity index (χ1v) is 13.1. The van der Waals surface area contributed by atoms with Crippen molar-refractivity contribution in [2.24, 2.45) is 34.5 Å². The fourth-order valence-electron chi connectivity index (χ4n) is 8.97. The van der Waals surface area contributed by atoms with Gasteiger partial charge in [-0.3, -0.25) is 4.98 Å². The summed E-state index contributed by atoms with van der Waals surface area (Å²) < 4.78 is 0. The molecule has 1 aromatic heterocycles. The molecule has 0 radical (unpaired) electrons. The largest absolute Gasteiger partial charge is 0.306 e. The number of rotatable bonds is 2. The van der Waals surface area contributed by atoms with Crippen LogP contribution < -0.4 is 0 Å². The average molecular weight is 429 g/mol. The number of fused-ring (bicyclic) bond motifs is 6. The van der Waals surface area contributed by atoms with E-state index in [4.69, 9.17) is 0 Å². The molecule has 0 amide bonds. The second-order valence-corrected chi connectivity index (χ2v) is 12.3. The predicted molar refractivity (Wildman–Crippen MR) is 134 cm³/mol. The van der Waals surface area contributed by atoms with Crippen LogP contribution in [0.1, 0.15) is 70.8 Å². The second-order valence-electron chi connectivity index (χ2n) is 12.3. The maximum atomic E-state index is 4.37. The Hall–Kier alpha value is -1.67. The van der Waals surface area contributed by atoms with Gasteiger partial charge in [-0.2, -0.15) is 0 Å². The Morgan fingerprint density at radius 2 is 1.81 bits per heavy atom. The van der Waals surface area contributed by atoms with E-state index in [1.807, 2.05) is 12.4 Å². The summed E-state index contributed by atoms with van der Waals surface area (Å²) in [5.74, 6) is 3.64. The fourth-order valence-corrected chi connectivity index (χ4v) is 8.97. The molecule has 4 aliphatic carbocycles. The summed E-state index contributed by atoms with van der Waals surface area (Å²) in [4.78, 5) is 6.87. The zero-order chi connectivity index (χ0) is 22.1. The van der Waals surface area contributed by atoms with E-state index in [2.05, 4.69) is 68.2 Å². The maximum absolute atomic E-state index is 4.37. The number of aromatic nitrogens is 1. The Morgan fingerprint density at radius 3 is 2.66 bits per heavy atom. The molecule has 0 bridgehead atoms. The topological polar surface area (TPSA) is 16.1 Å². The van der Waals surface area contributed by atoms with Gasteiger partial charge in [-0.1, -0.05) is 32.1 Å². The highest BCUT2D eigenvalue weighted by atomic mass is 15.1. The standard InChI is InChI=1S/C30H40N2/c1-29-14-11-24(32(3)4)18-23(29)7-8-25-27-10-9-26(30(27,2)15-12-28(25)29)21-6-5-20-13-16-31-19-22(20)17-21/h5-6,9,13,16-17,19,23-25,27-28H,7-8,10-12,14-15,18H2,1-4H3/t23-,24+,25-,27-,28-,29-,30+/m0/s1. The van der Waals surface area contributed by atoms with E-state index < -0.39 is 0 Å². The lowest BCUT2D eigenvalue weighted by Crippen LogP contribution is -2.54. The van der Waals surface area contributed by atoms with Crippen LogP contribution in [0.15, 0.2) is 42.7 Å². The molecule has 0 N–H and O–H groups in total. The van der Waals surface area contributed by atoms with Crippen LogP contribution in [0, 0.1) is 34.5 Å². The summed E-state index contributed by atoms with van der Waals surface area (Å²) in [6.45, 7) is 5.31. The van der Waals surface area contributed by atoms with Gasteiger partial charge in [0.05, 0.1) is 0 Å². The average Bonchev–Trinajstić information content (AvgIpc) is 3.15. The summed E-state index contributed by atoms with van der Waals surface area (Å²) in [5, 5.41) is 2.57. The van der Waals surface area contributed by atoms with Crippen LogP contribution in [0.2, 0.25) is 0 Å². The van der Waals surface area contributed by atoms with Gasteiger partial charge in [0.1, 0.15) is 0 Å². The monoisotopic (exact) mass is 428 g/mol. The van der Waals surface area contributed by atoms with Crippen LogP contribution in [0.3, 0.4) is 0 Å². The molecule has 3 fully saturated rings. The lowest BCUT2D eigenvalue weighted by molar-refractivity contribution is -0.106. The second kappa shape index (κ2) is 7.42. The molecule has 4 aliphatic rings. The third-order valence-electron chi connectivity index (χ3n) is 10.9. The van der Waals surface area contributed by atoms with E-state index in [1.165, 1.54) is 67.7 Å². The molecule has 7 atom stereocenters. The molecule has 170 valence electrons. The van der Waals surface area contributed by atoms with Crippen LogP contribution in [0.5, 0.6) is 0 Å². The van der Waals surface area contributed by atoms with Gasteiger partial charge >= 0.3 is 0 Å². The minimum absolute atomic E-state index is 0.348. The number of allylic oxidation sites excluding steroid dienone is 2. The number of nitrogens with zero attached hydrogens (tertiary/aromatic N) is 2. The smallest absolute Gasteiger partial charge is 0.0346 e. The highest BCUT2D eigenvalue weighted by Gasteiger charge is 2.58. The molecule has 3 saturated carbocycles. The molecule has 2 nitrogen and oxygen atoms in total. The van der Waals surface area contributed by atoms with Crippen molar-refractivity contribution in [1.29, 1.82) is 0 Å². The summed E-state index contributed by atoms with van der Waals surface area (Å²) >= 11 is 0. The van der Waals surface area contributed by atoms with Crippen LogP contribution in [0.4, 0.5) is 0 Å². The molecule has 32 heavy (non-hydrogen) atoms. The molecule has 1 aromatic carbocycles. The van der Waals surface area contributed by atoms with Crippen molar-refractivity contribution in [1.82, 2.24) is 9.88 Å². The summed E-state index contributed by atoms with van der Waals surface area (Å²) in [6, 6.07) is 10.00. The molecule has 1 heterocycles.